The van der Waals surface area contributed by atoms with Crippen LogP contribution in [0.15, 0.2) is 54.9 Å². The molecule has 2 rings (SSSR count). The van der Waals surface area contributed by atoms with Gasteiger partial charge >= 0.3 is 0 Å². The van der Waals surface area contributed by atoms with E-state index < -0.39 is 0 Å². The van der Waals surface area contributed by atoms with Crippen molar-refractivity contribution in [1.82, 2.24) is 9.88 Å². The van der Waals surface area contributed by atoms with Crippen molar-refractivity contribution >= 4 is 17.5 Å². The van der Waals surface area contributed by atoms with Crippen LogP contribution in [0.3, 0.4) is 0 Å². The summed E-state index contributed by atoms with van der Waals surface area (Å²) in [5.74, 6) is -0.196. The largest absolute Gasteiger partial charge is 0.335 e. The third kappa shape index (κ3) is 4.91. The average Bonchev–Trinajstić information content (AvgIpc) is 2.60. The topological polar surface area (TPSA) is 62.3 Å². The monoisotopic (exact) mass is 325 g/mol. The molecule has 2 amide bonds. The average molecular weight is 325 g/mol. The number of rotatable bonds is 7. The second-order valence-electron chi connectivity index (χ2n) is 5.71. The Morgan fingerprint density at radius 2 is 1.92 bits per heavy atom. The number of para-hydroxylation sites is 1. The van der Waals surface area contributed by atoms with E-state index in [1.807, 2.05) is 44.2 Å². The zero-order chi connectivity index (χ0) is 17.4. The van der Waals surface area contributed by atoms with Crippen LogP contribution in [0, 0.1) is 0 Å². The van der Waals surface area contributed by atoms with Gasteiger partial charge in [-0.3, -0.25) is 14.6 Å². The fraction of sp³-hybridized carbons (Fsp3) is 0.316. The summed E-state index contributed by atoms with van der Waals surface area (Å²) in [5.41, 5.74) is 1.30. The van der Waals surface area contributed by atoms with Gasteiger partial charge in [-0.25, -0.2) is 0 Å². The lowest BCUT2D eigenvalue weighted by molar-refractivity contribution is -0.117. The molecule has 0 aliphatic carbocycles. The number of pyridine rings is 1. The van der Waals surface area contributed by atoms with E-state index in [9.17, 15) is 9.59 Å². The van der Waals surface area contributed by atoms with Crippen molar-refractivity contribution in [3.05, 3.63) is 60.4 Å². The van der Waals surface area contributed by atoms with Crippen LogP contribution in [0.1, 0.15) is 37.0 Å². The van der Waals surface area contributed by atoms with E-state index in [0.29, 0.717) is 12.1 Å². The summed E-state index contributed by atoms with van der Waals surface area (Å²) in [6, 6.07) is 12.6. The molecule has 0 saturated heterocycles. The highest BCUT2D eigenvalue weighted by Gasteiger charge is 2.23. The molecule has 1 atom stereocenters. The lowest BCUT2D eigenvalue weighted by Crippen LogP contribution is -2.41. The van der Waals surface area contributed by atoms with Crippen LogP contribution in [0.4, 0.5) is 5.69 Å². The Balaban J connectivity index is 2.02. The lowest BCUT2D eigenvalue weighted by Gasteiger charge is -2.28. The van der Waals surface area contributed by atoms with Gasteiger partial charge in [-0.15, -0.1) is 0 Å². The molecule has 0 radical (unpaired) electrons. The number of nitrogens with one attached hydrogen (secondary N) is 1. The van der Waals surface area contributed by atoms with Gasteiger partial charge in [-0.2, -0.15) is 0 Å². The molecule has 0 bridgehead atoms. The van der Waals surface area contributed by atoms with Crippen LogP contribution in [-0.4, -0.2) is 34.3 Å². The molecule has 0 aliphatic rings. The van der Waals surface area contributed by atoms with Crippen molar-refractivity contribution in [2.75, 3.05) is 11.9 Å². The molecule has 126 valence electrons. The fourth-order valence-corrected chi connectivity index (χ4v) is 2.53. The molecule has 0 saturated carbocycles. The van der Waals surface area contributed by atoms with E-state index in [-0.39, 0.29) is 24.3 Å². The van der Waals surface area contributed by atoms with E-state index in [2.05, 4.69) is 10.3 Å². The molecule has 24 heavy (non-hydrogen) atoms. The van der Waals surface area contributed by atoms with E-state index in [4.69, 9.17) is 0 Å². The van der Waals surface area contributed by atoms with E-state index in [1.165, 1.54) is 0 Å². The van der Waals surface area contributed by atoms with Gasteiger partial charge in [0.25, 0.3) is 5.91 Å². The van der Waals surface area contributed by atoms with Crippen molar-refractivity contribution in [2.24, 2.45) is 0 Å². The minimum Gasteiger partial charge on any atom is -0.335 e. The number of hydrogen-bond donors (Lipinski definition) is 1. The molecule has 1 unspecified atom stereocenters. The summed E-state index contributed by atoms with van der Waals surface area (Å²) in [6.45, 7) is 4.52. The number of amides is 2. The lowest BCUT2D eigenvalue weighted by atomic mass is 10.1. The van der Waals surface area contributed by atoms with Gasteiger partial charge in [0.05, 0.1) is 5.56 Å². The molecule has 0 spiro atoms. The van der Waals surface area contributed by atoms with Crippen LogP contribution in [0.5, 0.6) is 0 Å². The van der Waals surface area contributed by atoms with Gasteiger partial charge in [0, 0.05) is 37.1 Å². The molecule has 1 aromatic heterocycles. The molecular formula is C19H23N3O2. The minimum absolute atomic E-state index is 0.0926. The smallest absolute Gasteiger partial charge is 0.255 e. The zero-order valence-electron chi connectivity index (χ0n) is 14.1. The van der Waals surface area contributed by atoms with Crippen molar-refractivity contribution in [2.45, 2.75) is 32.7 Å². The SMILES string of the molecule is CCCN(C(=O)c1cccnc1)C(C)CC(=O)Nc1ccccc1. The molecular weight excluding hydrogens is 302 g/mol. The van der Waals surface area contributed by atoms with Crippen molar-refractivity contribution in [3.8, 4) is 0 Å². The summed E-state index contributed by atoms with van der Waals surface area (Å²) in [7, 11) is 0. The summed E-state index contributed by atoms with van der Waals surface area (Å²) < 4.78 is 0. The maximum atomic E-state index is 12.7. The molecule has 0 aliphatic heterocycles. The highest BCUT2D eigenvalue weighted by atomic mass is 16.2. The third-order valence-corrected chi connectivity index (χ3v) is 3.70. The van der Waals surface area contributed by atoms with Crippen molar-refractivity contribution in [3.63, 3.8) is 0 Å². The first-order chi connectivity index (χ1) is 11.6. The molecule has 1 heterocycles. The maximum absolute atomic E-state index is 12.7. The predicted octanol–water partition coefficient (Wildman–Crippen LogP) is 3.35. The molecule has 1 N–H and O–H groups in total. The number of hydrogen-bond acceptors (Lipinski definition) is 3. The number of carbonyl (C=O) groups excluding carboxylic acids is 2. The first-order valence-corrected chi connectivity index (χ1v) is 8.17. The Morgan fingerprint density at radius 3 is 2.54 bits per heavy atom. The van der Waals surface area contributed by atoms with Gasteiger partial charge in [0.2, 0.25) is 5.91 Å². The second kappa shape index (κ2) is 8.82. The van der Waals surface area contributed by atoms with Crippen LogP contribution in [0.2, 0.25) is 0 Å². The molecule has 2 aromatic rings. The summed E-state index contributed by atoms with van der Waals surface area (Å²) in [4.78, 5) is 30.6. The van der Waals surface area contributed by atoms with Crippen LogP contribution in [0.25, 0.3) is 0 Å². The van der Waals surface area contributed by atoms with E-state index in [1.54, 1.807) is 29.4 Å². The maximum Gasteiger partial charge on any atom is 0.255 e. The molecule has 0 fully saturated rings. The van der Waals surface area contributed by atoms with Gasteiger partial charge < -0.3 is 10.2 Å². The number of nitrogens with zero attached hydrogens (tertiary/aromatic N) is 2. The standard InChI is InChI=1S/C19H23N3O2/c1-3-12-22(19(24)16-8-7-11-20-14-16)15(2)13-18(23)21-17-9-5-4-6-10-17/h4-11,14-15H,3,12-13H2,1-2H3,(H,21,23). The van der Waals surface area contributed by atoms with Crippen LogP contribution >= 0.6 is 0 Å². The Bertz CT molecular complexity index is 659. The first-order valence-electron chi connectivity index (χ1n) is 8.17. The third-order valence-electron chi connectivity index (χ3n) is 3.70. The van der Waals surface area contributed by atoms with Crippen LogP contribution < -0.4 is 5.32 Å². The minimum atomic E-state index is -0.193. The number of benzene rings is 1. The summed E-state index contributed by atoms with van der Waals surface area (Å²) in [5, 5.41) is 2.86. The number of aromatic nitrogens is 1. The Labute approximate surface area is 142 Å². The molecule has 1 aromatic carbocycles. The van der Waals surface area contributed by atoms with Crippen molar-refractivity contribution in [1.29, 1.82) is 0 Å². The summed E-state index contributed by atoms with van der Waals surface area (Å²) >= 11 is 0. The highest BCUT2D eigenvalue weighted by molar-refractivity contribution is 5.95. The summed E-state index contributed by atoms with van der Waals surface area (Å²) in [6.07, 6.45) is 4.27. The van der Waals surface area contributed by atoms with Crippen LogP contribution in [-0.2, 0) is 4.79 Å². The van der Waals surface area contributed by atoms with E-state index >= 15 is 0 Å². The Hall–Kier alpha value is -2.69. The van der Waals surface area contributed by atoms with Crippen molar-refractivity contribution < 1.29 is 9.59 Å². The highest BCUT2D eigenvalue weighted by Crippen LogP contribution is 2.13. The second-order valence-corrected chi connectivity index (χ2v) is 5.71. The quantitative estimate of drug-likeness (QED) is 0.849. The fourth-order valence-electron chi connectivity index (χ4n) is 2.53. The van der Waals surface area contributed by atoms with Gasteiger partial charge in [0.1, 0.15) is 0 Å². The number of anilines is 1. The molecule has 5 nitrogen and oxygen atoms in total. The Kier molecular flexibility index (Phi) is 6.49. The zero-order valence-corrected chi connectivity index (χ0v) is 14.1. The molecule has 5 heteroatoms. The number of carbonyl (C=O) groups is 2. The van der Waals surface area contributed by atoms with Gasteiger partial charge in [-0.1, -0.05) is 25.1 Å². The van der Waals surface area contributed by atoms with E-state index in [0.717, 1.165) is 12.1 Å². The van der Waals surface area contributed by atoms with Gasteiger partial charge in [0.15, 0.2) is 0 Å². The predicted molar refractivity (Wildman–Crippen MR) is 94.7 cm³/mol. The van der Waals surface area contributed by atoms with Gasteiger partial charge in [-0.05, 0) is 37.6 Å². The first kappa shape index (κ1) is 17.7. The Morgan fingerprint density at radius 1 is 1.17 bits per heavy atom. The normalized spacial score (nSPS) is 11.6.